The molecule has 0 radical (unpaired) electrons. The van der Waals surface area contributed by atoms with Crippen molar-refractivity contribution in [2.24, 2.45) is 0 Å². The van der Waals surface area contributed by atoms with E-state index in [1.54, 1.807) is 0 Å². The third-order valence-corrected chi connectivity index (χ3v) is 1.50. The Kier molecular flexibility index (Phi) is 1.77. The normalized spacial score (nSPS) is 10.0. The van der Waals surface area contributed by atoms with E-state index in [-0.39, 0.29) is 0 Å². The molecule has 0 bridgehead atoms. The fourth-order valence-corrected chi connectivity index (χ4v) is 0.249. The minimum Gasteiger partial charge on any atom is -0.236 e. The first-order valence-electron chi connectivity index (χ1n) is 1.75. The van der Waals surface area contributed by atoms with E-state index < -0.39 is 14.9 Å². The molecule has 0 amide bonds. The summed E-state index contributed by atoms with van der Waals surface area (Å²) in [6.45, 7) is 9.21. The summed E-state index contributed by atoms with van der Waals surface area (Å²) in [4.78, 5) is 2.63. The van der Waals surface area contributed by atoms with Crippen molar-refractivity contribution < 1.29 is 8.42 Å². The molecule has 0 rings (SSSR count). The summed E-state index contributed by atoms with van der Waals surface area (Å²) in [6, 6.07) is 0. The van der Waals surface area contributed by atoms with Gasteiger partial charge in [-0.2, -0.15) is 0 Å². The Morgan fingerprint density at radius 2 is 2.12 bits per heavy atom. The van der Waals surface area contributed by atoms with Gasteiger partial charge in [0.15, 0.2) is 9.84 Å². The standard InChI is InChI=1S/C4H5NO2S/c1-4(5-2)8(3,6)7/h1H2,3H3. The highest BCUT2D eigenvalue weighted by molar-refractivity contribution is 7.94. The Hall–Kier alpha value is -0.820. The van der Waals surface area contributed by atoms with Gasteiger partial charge in [0.25, 0.3) is 5.03 Å². The lowest BCUT2D eigenvalue weighted by Gasteiger charge is -1.84. The number of rotatable bonds is 1. The van der Waals surface area contributed by atoms with E-state index in [9.17, 15) is 8.42 Å². The van der Waals surface area contributed by atoms with Crippen molar-refractivity contribution in [2.75, 3.05) is 6.26 Å². The molecular formula is C4H5NO2S. The second kappa shape index (κ2) is 1.97. The first-order chi connectivity index (χ1) is 3.48. The molecule has 0 fully saturated rings. The molecule has 0 aromatic rings. The van der Waals surface area contributed by atoms with Crippen LogP contribution in [0.25, 0.3) is 4.85 Å². The van der Waals surface area contributed by atoms with Gasteiger partial charge in [-0.25, -0.2) is 13.3 Å². The second-order valence-electron chi connectivity index (χ2n) is 1.28. The van der Waals surface area contributed by atoms with Gasteiger partial charge in [0.2, 0.25) is 0 Å². The molecule has 0 aliphatic heterocycles. The van der Waals surface area contributed by atoms with Gasteiger partial charge in [0, 0.05) is 6.26 Å². The van der Waals surface area contributed by atoms with Gasteiger partial charge in [-0.3, -0.25) is 0 Å². The lowest BCUT2D eigenvalue weighted by Crippen LogP contribution is -1.93. The Labute approximate surface area is 48.4 Å². The zero-order valence-electron chi connectivity index (χ0n) is 4.38. The Morgan fingerprint density at radius 1 is 1.75 bits per heavy atom. The molecule has 0 saturated heterocycles. The van der Waals surface area contributed by atoms with E-state index in [0.29, 0.717) is 0 Å². The molecule has 3 nitrogen and oxygen atoms in total. The van der Waals surface area contributed by atoms with Crippen molar-refractivity contribution in [3.8, 4) is 0 Å². The van der Waals surface area contributed by atoms with Gasteiger partial charge in [-0.1, -0.05) is 6.58 Å². The monoisotopic (exact) mass is 131 g/mol. The Morgan fingerprint density at radius 3 is 2.12 bits per heavy atom. The minimum absolute atomic E-state index is 0.405. The van der Waals surface area contributed by atoms with Gasteiger partial charge >= 0.3 is 0 Å². The maximum absolute atomic E-state index is 10.2. The number of hydrogen-bond acceptors (Lipinski definition) is 2. The van der Waals surface area contributed by atoms with Crippen LogP contribution in [0.15, 0.2) is 11.6 Å². The summed E-state index contributed by atoms with van der Waals surface area (Å²) in [5, 5.41) is -0.405. The summed E-state index contributed by atoms with van der Waals surface area (Å²) in [7, 11) is -3.30. The third kappa shape index (κ3) is 1.76. The average Bonchev–Trinajstić information content (AvgIpc) is 1.62. The van der Waals surface area contributed by atoms with Crippen LogP contribution in [-0.2, 0) is 9.84 Å². The van der Waals surface area contributed by atoms with E-state index in [1.807, 2.05) is 0 Å². The van der Waals surface area contributed by atoms with E-state index in [1.165, 1.54) is 0 Å². The lowest BCUT2D eigenvalue weighted by atomic mass is 11.1. The highest BCUT2D eigenvalue weighted by atomic mass is 32.2. The highest BCUT2D eigenvalue weighted by Crippen LogP contribution is 1.99. The van der Waals surface area contributed by atoms with Crippen molar-refractivity contribution in [1.29, 1.82) is 0 Å². The first kappa shape index (κ1) is 7.18. The summed E-state index contributed by atoms with van der Waals surface area (Å²) in [6.07, 6.45) is 0.952. The molecule has 8 heavy (non-hydrogen) atoms. The Bertz CT molecular complexity index is 231. The van der Waals surface area contributed by atoms with Crippen LogP contribution in [0, 0.1) is 6.57 Å². The van der Waals surface area contributed by atoms with E-state index in [4.69, 9.17) is 6.57 Å². The number of nitrogens with zero attached hydrogens (tertiary/aromatic N) is 1. The zero-order valence-corrected chi connectivity index (χ0v) is 5.20. The average molecular weight is 131 g/mol. The molecule has 0 aromatic carbocycles. The van der Waals surface area contributed by atoms with Gasteiger partial charge in [-0.05, 0) is 0 Å². The number of sulfone groups is 1. The van der Waals surface area contributed by atoms with Crippen LogP contribution in [0.1, 0.15) is 0 Å². The van der Waals surface area contributed by atoms with E-state index >= 15 is 0 Å². The fourth-order valence-electron chi connectivity index (χ4n) is 0.0829. The summed E-state index contributed by atoms with van der Waals surface area (Å²) < 4.78 is 20.5. The van der Waals surface area contributed by atoms with Crippen molar-refractivity contribution in [3.63, 3.8) is 0 Å². The maximum Gasteiger partial charge on any atom is 0.271 e. The quantitative estimate of drug-likeness (QED) is 0.484. The third-order valence-electron chi connectivity index (χ3n) is 0.553. The molecule has 0 N–H and O–H groups in total. The summed E-state index contributed by atoms with van der Waals surface area (Å²) in [5.41, 5.74) is 0. The minimum atomic E-state index is -3.30. The largest absolute Gasteiger partial charge is 0.271 e. The summed E-state index contributed by atoms with van der Waals surface area (Å²) in [5.74, 6) is 0. The molecular weight excluding hydrogens is 126 g/mol. The van der Waals surface area contributed by atoms with Gasteiger partial charge < -0.3 is 0 Å². The molecule has 0 atom stereocenters. The summed E-state index contributed by atoms with van der Waals surface area (Å²) >= 11 is 0. The first-order valence-corrected chi connectivity index (χ1v) is 3.64. The molecule has 0 unspecified atom stereocenters. The van der Waals surface area contributed by atoms with Gasteiger partial charge in [0.1, 0.15) is 0 Å². The zero-order chi connectivity index (χ0) is 6.78. The van der Waals surface area contributed by atoms with E-state index in [2.05, 4.69) is 11.4 Å². The molecule has 0 spiro atoms. The molecule has 0 heterocycles. The SMILES string of the molecule is [C-]#[N+]C(=C)S(C)(=O)=O. The smallest absolute Gasteiger partial charge is 0.236 e. The number of hydrogen-bond donors (Lipinski definition) is 0. The Balaban J connectivity index is 4.62. The van der Waals surface area contributed by atoms with Crippen LogP contribution >= 0.6 is 0 Å². The van der Waals surface area contributed by atoms with Crippen molar-refractivity contribution in [2.45, 2.75) is 0 Å². The fraction of sp³-hybridized carbons (Fsp3) is 0.250. The molecule has 4 heteroatoms. The molecule has 0 aliphatic rings. The highest BCUT2D eigenvalue weighted by Gasteiger charge is 2.05. The predicted molar refractivity (Wildman–Crippen MR) is 30.6 cm³/mol. The molecule has 0 aromatic heterocycles. The van der Waals surface area contributed by atoms with Crippen LogP contribution in [0.4, 0.5) is 0 Å². The molecule has 44 valence electrons. The van der Waals surface area contributed by atoms with Gasteiger partial charge in [-0.15, -0.1) is 0 Å². The second-order valence-corrected chi connectivity index (χ2v) is 3.29. The van der Waals surface area contributed by atoms with Crippen LogP contribution in [0.3, 0.4) is 0 Å². The predicted octanol–water partition coefficient (Wildman–Crippen LogP) is 0.421. The van der Waals surface area contributed by atoms with E-state index in [0.717, 1.165) is 6.26 Å². The van der Waals surface area contributed by atoms with Crippen LogP contribution in [0.2, 0.25) is 0 Å². The van der Waals surface area contributed by atoms with Crippen molar-refractivity contribution >= 4 is 9.84 Å². The lowest BCUT2D eigenvalue weighted by molar-refractivity contribution is 0.608. The van der Waals surface area contributed by atoms with Crippen LogP contribution < -0.4 is 0 Å². The molecule has 0 saturated carbocycles. The van der Waals surface area contributed by atoms with Crippen LogP contribution in [-0.4, -0.2) is 14.7 Å². The van der Waals surface area contributed by atoms with Crippen molar-refractivity contribution in [3.05, 3.63) is 23.0 Å². The topological polar surface area (TPSA) is 38.5 Å². The molecule has 0 aliphatic carbocycles. The van der Waals surface area contributed by atoms with Crippen molar-refractivity contribution in [1.82, 2.24) is 0 Å². The maximum atomic E-state index is 10.2. The van der Waals surface area contributed by atoms with Crippen LogP contribution in [0.5, 0.6) is 0 Å². The van der Waals surface area contributed by atoms with Gasteiger partial charge in [0.05, 0.1) is 6.57 Å².